The standard InChI is InChI=1S/C7H5N5O2.ClH/c13-12(14)7-3-1-6(2-4-7)11-9-5-8-10-11;/h1-5H;1H. The summed E-state index contributed by atoms with van der Waals surface area (Å²) in [7, 11) is 0. The summed E-state index contributed by atoms with van der Waals surface area (Å²) in [6.07, 6.45) is 1.33. The van der Waals surface area contributed by atoms with E-state index in [2.05, 4.69) is 15.4 Å². The molecule has 1 heterocycles. The van der Waals surface area contributed by atoms with E-state index in [1.54, 1.807) is 12.1 Å². The SMILES string of the molecule is O=[N+]([O-])c1ccc([NH+]2N=CN=N2)cc1.[Cl-]. The molecule has 0 spiro atoms. The second-order valence-corrected chi connectivity index (χ2v) is 2.59. The van der Waals surface area contributed by atoms with Crippen LogP contribution >= 0.6 is 0 Å². The molecule has 1 aromatic carbocycles. The molecule has 0 saturated carbocycles. The van der Waals surface area contributed by atoms with Crippen molar-refractivity contribution < 1.29 is 22.4 Å². The first-order valence-electron chi connectivity index (χ1n) is 3.82. The van der Waals surface area contributed by atoms with Crippen LogP contribution in [0.4, 0.5) is 11.4 Å². The molecule has 0 aromatic heterocycles. The quantitative estimate of drug-likeness (QED) is 0.445. The fourth-order valence-corrected chi connectivity index (χ4v) is 1.05. The van der Waals surface area contributed by atoms with E-state index in [0.29, 0.717) is 10.8 Å². The van der Waals surface area contributed by atoms with Gasteiger partial charge in [0.25, 0.3) is 5.69 Å². The second kappa shape index (κ2) is 4.58. The minimum absolute atomic E-state index is 0. The Morgan fingerprint density at radius 3 is 2.40 bits per heavy atom. The van der Waals surface area contributed by atoms with Crippen LogP contribution in [0.1, 0.15) is 0 Å². The molecule has 0 aliphatic carbocycles. The highest BCUT2D eigenvalue weighted by molar-refractivity contribution is 5.54. The molecular formula is C7H6ClN5O2. The number of rotatable bonds is 2. The van der Waals surface area contributed by atoms with Crippen LogP contribution in [-0.4, -0.2) is 11.3 Å². The van der Waals surface area contributed by atoms with Crippen molar-refractivity contribution in [2.75, 3.05) is 0 Å². The number of nitrogens with one attached hydrogen (secondary N) is 1. The molecular weight excluding hydrogens is 222 g/mol. The van der Waals surface area contributed by atoms with E-state index in [0.717, 1.165) is 0 Å². The van der Waals surface area contributed by atoms with Crippen molar-refractivity contribution in [2.45, 2.75) is 0 Å². The van der Waals surface area contributed by atoms with Crippen LogP contribution in [-0.2, 0) is 0 Å². The lowest BCUT2D eigenvalue weighted by atomic mass is 10.3. The predicted molar refractivity (Wildman–Crippen MR) is 47.1 cm³/mol. The molecule has 1 unspecified atom stereocenters. The van der Waals surface area contributed by atoms with Crippen molar-refractivity contribution in [1.29, 1.82) is 0 Å². The van der Waals surface area contributed by atoms with Crippen molar-refractivity contribution >= 4 is 17.7 Å². The second-order valence-electron chi connectivity index (χ2n) is 2.59. The molecule has 78 valence electrons. The number of halogens is 1. The lowest BCUT2D eigenvalue weighted by Gasteiger charge is -1.98. The maximum Gasteiger partial charge on any atom is 0.269 e. The Labute approximate surface area is 90.6 Å². The van der Waals surface area contributed by atoms with Crippen LogP contribution in [0, 0.1) is 10.1 Å². The Bertz CT molecular complexity index is 404. The summed E-state index contributed by atoms with van der Waals surface area (Å²) in [5.41, 5.74) is 0.765. The van der Waals surface area contributed by atoms with E-state index >= 15 is 0 Å². The number of nitro groups is 1. The molecule has 0 radical (unpaired) electrons. The van der Waals surface area contributed by atoms with Gasteiger partial charge in [-0.05, 0) is 10.2 Å². The van der Waals surface area contributed by atoms with Crippen LogP contribution in [0.5, 0.6) is 0 Å². The first-order valence-corrected chi connectivity index (χ1v) is 3.82. The van der Waals surface area contributed by atoms with E-state index in [1.807, 2.05) is 0 Å². The Morgan fingerprint density at radius 1 is 1.27 bits per heavy atom. The van der Waals surface area contributed by atoms with Gasteiger partial charge in [-0.2, -0.15) is 0 Å². The van der Waals surface area contributed by atoms with Crippen LogP contribution in [0.15, 0.2) is 39.7 Å². The predicted octanol–water partition coefficient (Wildman–Crippen LogP) is -2.56. The van der Waals surface area contributed by atoms with Gasteiger partial charge in [-0.25, -0.2) is 0 Å². The van der Waals surface area contributed by atoms with E-state index in [1.165, 1.54) is 18.5 Å². The highest BCUT2D eigenvalue weighted by Crippen LogP contribution is 2.12. The largest absolute Gasteiger partial charge is 1.00 e. The minimum Gasteiger partial charge on any atom is -1.00 e. The van der Waals surface area contributed by atoms with E-state index in [-0.39, 0.29) is 18.1 Å². The molecule has 15 heavy (non-hydrogen) atoms. The molecule has 1 aliphatic heterocycles. The maximum atomic E-state index is 10.4. The molecule has 2 rings (SSSR count). The number of nitrogens with zero attached hydrogens (tertiary/aromatic N) is 4. The zero-order valence-corrected chi connectivity index (χ0v) is 8.13. The molecule has 8 heteroatoms. The van der Waals surface area contributed by atoms with Crippen molar-refractivity contribution in [3.8, 4) is 0 Å². The van der Waals surface area contributed by atoms with Crippen molar-refractivity contribution in [3.63, 3.8) is 0 Å². The zero-order valence-electron chi connectivity index (χ0n) is 7.37. The highest BCUT2D eigenvalue weighted by Gasteiger charge is 2.15. The van der Waals surface area contributed by atoms with Gasteiger partial charge in [0.15, 0.2) is 5.69 Å². The zero-order chi connectivity index (χ0) is 9.97. The molecule has 1 N–H and O–H groups in total. The van der Waals surface area contributed by atoms with Gasteiger partial charge in [-0.15, -0.1) is 0 Å². The average Bonchev–Trinajstić information content (AvgIpc) is 2.71. The summed E-state index contributed by atoms with van der Waals surface area (Å²) in [5, 5.41) is 22.0. The van der Waals surface area contributed by atoms with Gasteiger partial charge in [-0.1, -0.05) is 5.11 Å². The normalized spacial score (nSPS) is 17.5. The molecule has 1 atom stereocenters. The van der Waals surface area contributed by atoms with Crippen LogP contribution in [0.2, 0.25) is 0 Å². The molecule has 0 saturated heterocycles. The number of nitro benzene ring substituents is 1. The number of hydrogen-bond donors (Lipinski definition) is 1. The third-order valence-electron chi connectivity index (χ3n) is 1.72. The summed E-state index contributed by atoms with van der Waals surface area (Å²) >= 11 is 0. The number of quaternary nitrogens is 1. The van der Waals surface area contributed by atoms with Crippen molar-refractivity contribution in [2.24, 2.45) is 15.4 Å². The Morgan fingerprint density at radius 2 is 1.93 bits per heavy atom. The average molecular weight is 228 g/mol. The summed E-state index contributed by atoms with van der Waals surface area (Å²) in [6.45, 7) is 0. The first-order chi connectivity index (χ1) is 6.77. The smallest absolute Gasteiger partial charge is 0.269 e. The maximum absolute atomic E-state index is 10.4. The van der Waals surface area contributed by atoms with Crippen LogP contribution in [0.25, 0.3) is 0 Å². The van der Waals surface area contributed by atoms with Gasteiger partial charge in [0.1, 0.15) is 0 Å². The summed E-state index contributed by atoms with van der Waals surface area (Å²) < 4.78 is 0. The first kappa shape index (κ1) is 11.2. The summed E-state index contributed by atoms with van der Waals surface area (Å²) in [4.78, 5) is 9.91. The van der Waals surface area contributed by atoms with E-state index < -0.39 is 4.92 Å². The lowest BCUT2D eigenvalue weighted by Crippen LogP contribution is -3.00. The third kappa shape index (κ3) is 2.33. The van der Waals surface area contributed by atoms with Crippen molar-refractivity contribution in [3.05, 3.63) is 34.4 Å². The summed E-state index contributed by atoms with van der Waals surface area (Å²) in [5.74, 6) is 0. The molecule has 0 amide bonds. The van der Waals surface area contributed by atoms with Crippen molar-refractivity contribution in [1.82, 2.24) is 0 Å². The van der Waals surface area contributed by atoms with Gasteiger partial charge in [-0.3, -0.25) is 10.1 Å². The molecule has 1 aromatic rings. The van der Waals surface area contributed by atoms with Gasteiger partial charge in [0.05, 0.1) is 10.1 Å². The Hall–Kier alpha value is -1.86. The monoisotopic (exact) mass is 227 g/mol. The van der Waals surface area contributed by atoms with Gasteiger partial charge in [0, 0.05) is 24.3 Å². The molecule has 0 fully saturated rings. The Balaban J connectivity index is 0.00000112. The van der Waals surface area contributed by atoms with Crippen LogP contribution < -0.4 is 17.5 Å². The fraction of sp³-hybridized carbons (Fsp3) is 0. The highest BCUT2D eigenvalue weighted by atomic mass is 35.5. The molecule has 0 bridgehead atoms. The minimum atomic E-state index is -0.451. The number of hydrogen-bond acceptors (Lipinski definition) is 5. The van der Waals surface area contributed by atoms with Gasteiger partial charge in [0.2, 0.25) is 6.34 Å². The number of non-ortho nitro benzene ring substituents is 1. The number of benzene rings is 1. The summed E-state index contributed by atoms with van der Waals surface area (Å²) in [6, 6.07) is 6.00. The van der Waals surface area contributed by atoms with Crippen LogP contribution in [0.3, 0.4) is 0 Å². The Kier molecular flexibility index (Phi) is 3.42. The van der Waals surface area contributed by atoms with E-state index in [4.69, 9.17) is 0 Å². The van der Waals surface area contributed by atoms with E-state index in [9.17, 15) is 10.1 Å². The topological polar surface area (TPSA) is 84.7 Å². The van der Waals surface area contributed by atoms with Gasteiger partial charge < -0.3 is 12.4 Å². The third-order valence-corrected chi connectivity index (χ3v) is 1.72. The van der Waals surface area contributed by atoms with Gasteiger partial charge >= 0.3 is 0 Å². The lowest BCUT2D eigenvalue weighted by molar-refractivity contribution is -0.847. The molecule has 1 aliphatic rings. The molecule has 7 nitrogen and oxygen atoms in total. The fourth-order valence-electron chi connectivity index (χ4n) is 1.05.